The summed E-state index contributed by atoms with van der Waals surface area (Å²) < 4.78 is 36.5. The van der Waals surface area contributed by atoms with Crippen molar-refractivity contribution in [3.8, 4) is 0 Å². The zero-order chi connectivity index (χ0) is 11.5. The van der Waals surface area contributed by atoms with Gasteiger partial charge in [0.25, 0.3) is 0 Å². The fraction of sp³-hybridized carbons (Fsp3) is 0.300. The van der Waals surface area contributed by atoms with E-state index in [0.717, 1.165) is 12.1 Å². The average molecular weight is 217 g/mol. The summed E-state index contributed by atoms with van der Waals surface area (Å²) in [6.45, 7) is 3.42. The van der Waals surface area contributed by atoms with E-state index in [-0.39, 0.29) is 12.1 Å². The van der Waals surface area contributed by atoms with E-state index in [1.165, 1.54) is 6.08 Å². The molecule has 0 aromatic carbocycles. The van der Waals surface area contributed by atoms with E-state index in [1.807, 2.05) is 0 Å². The van der Waals surface area contributed by atoms with Crippen LogP contribution in [-0.2, 0) is 6.18 Å². The van der Waals surface area contributed by atoms with Crippen molar-refractivity contribution in [2.75, 3.05) is 0 Å². The molecule has 1 heterocycles. The molecular weight excluding hydrogens is 207 g/mol. The Balaban J connectivity index is 2.85. The van der Waals surface area contributed by atoms with Gasteiger partial charge in [0.1, 0.15) is 0 Å². The molecule has 0 saturated carbocycles. The summed E-state index contributed by atoms with van der Waals surface area (Å²) in [7, 11) is 0. The Morgan fingerprint density at radius 1 is 1.47 bits per heavy atom. The van der Waals surface area contributed by atoms with Crippen LogP contribution in [0, 0.1) is 0 Å². The number of aromatic nitrogens is 1. The van der Waals surface area contributed by atoms with Crippen LogP contribution in [0.4, 0.5) is 13.2 Å². The van der Waals surface area contributed by atoms with Crippen LogP contribution in [0.5, 0.6) is 0 Å². The van der Waals surface area contributed by atoms with Crippen molar-refractivity contribution >= 4 is 0 Å². The van der Waals surface area contributed by atoms with E-state index in [9.17, 15) is 18.3 Å². The van der Waals surface area contributed by atoms with Crippen molar-refractivity contribution in [3.05, 3.63) is 42.2 Å². The van der Waals surface area contributed by atoms with Gasteiger partial charge >= 0.3 is 6.18 Å². The Hall–Kier alpha value is -1.36. The molecule has 1 unspecified atom stereocenters. The lowest BCUT2D eigenvalue weighted by Gasteiger charge is -2.09. The molecule has 1 rings (SSSR count). The Kier molecular flexibility index (Phi) is 3.47. The van der Waals surface area contributed by atoms with E-state index in [4.69, 9.17) is 0 Å². The number of nitrogens with zero attached hydrogens (tertiary/aromatic N) is 1. The molecule has 0 aliphatic heterocycles. The predicted octanol–water partition coefficient (Wildman–Crippen LogP) is 2.71. The van der Waals surface area contributed by atoms with E-state index in [1.54, 1.807) is 0 Å². The number of aliphatic hydroxyl groups excluding tert-OH is 1. The molecule has 0 amide bonds. The van der Waals surface area contributed by atoms with Gasteiger partial charge in [-0.05, 0) is 18.6 Å². The van der Waals surface area contributed by atoms with Gasteiger partial charge in [-0.2, -0.15) is 13.2 Å². The van der Waals surface area contributed by atoms with Gasteiger partial charge in [0.05, 0.1) is 17.4 Å². The second-order valence-electron chi connectivity index (χ2n) is 3.01. The molecule has 2 nitrogen and oxygen atoms in total. The minimum absolute atomic E-state index is 0.211. The van der Waals surface area contributed by atoms with Crippen molar-refractivity contribution in [2.24, 2.45) is 0 Å². The van der Waals surface area contributed by atoms with Crippen molar-refractivity contribution in [1.29, 1.82) is 0 Å². The van der Waals surface area contributed by atoms with Crippen molar-refractivity contribution < 1.29 is 18.3 Å². The van der Waals surface area contributed by atoms with Crippen LogP contribution in [-0.4, -0.2) is 10.1 Å². The Bertz CT molecular complexity index is 332. The lowest BCUT2D eigenvalue weighted by molar-refractivity contribution is -0.137. The van der Waals surface area contributed by atoms with Gasteiger partial charge in [0, 0.05) is 6.20 Å². The summed E-state index contributed by atoms with van der Waals surface area (Å²) in [4.78, 5) is 3.55. The second-order valence-corrected chi connectivity index (χ2v) is 3.01. The zero-order valence-electron chi connectivity index (χ0n) is 7.83. The smallest absolute Gasteiger partial charge is 0.386 e. The van der Waals surface area contributed by atoms with Crippen LogP contribution in [0.2, 0.25) is 0 Å². The minimum Gasteiger partial charge on any atom is -0.386 e. The molecule has 0 radical (unpaired) electrons. The lowest BCUT2D eigenvalue weighted by atomic mass is 10.1. The van der Waals surface area contributed by atoms with E-state index < -0.39 is 17.8 Å². The average Bonchev–Trinajstić information content (AvgIpc) is 2.17. The van der Waals surface area contributed by atoms with Crippen LogP contribution >= 0.6 is 0 Å². The standard InChI is InChI=1S/C10H10F3NO/c1-2-3-9(15)8-5-4-7(6-14-8)10(11,12)13/h2,4-6,9,15H,1,3H2. The highest BCUT2D eigenvalue weighted by Crippen LogP contribution is 2.29. The van der Waals surface area contributed by atoms with E-state index >= 15 is 0 Å². The molecule has 0 spiro atoms. The number of hydrogen-bond acceptors (Lipinski definition) is 2. The number of alkyl halides is 3. The molecule has 1 atom stereocenters. The fourth-order valence-electron chi connectivity index (χ4n) is 1.05. The summed E-state index contributed by atoms with van der Waals surface area (Å²) in [6.07, 6.45) is -2.84. The third-order valence-electron chi connectivity index (χ3n) is 1.85. The molecule has 0 saturated heterocycles. The number of aliphatic hydroxyl groups is 1. The molecule has 1 N–H and O–H groups in total. The number of rotatable bonds is 3. The summed E-state index contributed by atoms with van der Waals surface area (Å²) in [5.41, 5.74) is -0.611. The fourth-order valence-corrected chi connectivity index (χ4v) is 1.05. The molecule has 82 valence electrons. The topological polar surface area (TPSA) is 33.1 Å². The molecule has 0 fully saturated rings. The first-order valence-electron chi connectivity index (χ1n) is 4.27. The first-order chi connectivity index (χ1) is 6.95. The maximum Gasteiger partial charge on any atom is 0.417 e. The van der Waals surface area contributed by atoms with E-state index in [2.05, 4.69) is 11.6 Å². The van der Waals surface area contributed by atoms with Gasteiger partial charge < -0.3 is 5.11 Å². The van der Waals surface area contributed by atoms with Crippen LogP contribution < -0.4 is 0 Å². The van der Waals surface area contributed by atoms with Gasteiger partial charge in [-0.15, -0.1) is 6.58 Å². The third kappa shape index (κ3) is 3.06. The molecule has 0 aliphatic rings. The molecule has 1 aromatic heterocycles. The van der Waals surface area contributed by atoms with Gasteiger partial charge in [0.15, 0.2) is 0 Å². The molecule has 1 aromatic rings. The summed E-state index contributed by atoms with van der Waals surface area (Å²) in [5, 5.41) is 9.40. The van der Waals surface area contributed by atoms with Crippen molar-refractivity contribution in [1.82, 2.24) is 4.98 Å². The zero-order valence-corrected chi connectivity index (χ0v) is 7.83. The maximum atomic E-state index is 12.2. The summed E-state index contributed by atoms with van der Waals surface area (Å²) in [5.74, 6) is 0. The van der Waals surface area contributed by atoms with Gasteiger partial charge in [-0.3, -0.25) is 4.98 Å². The van der Waals surface area contributed by atoms with Crippen molar-refractivity contribution in [3.63, 3.8) is 0 Å². The molecule has 0 aliphatic carbocycles. The summed E-state index contributed by atoms with van der Waals surface area (Å²) >= 11 is 0. The number of pyridine rings is 1. The van der Waals surface area contributed by atoms with Crippen LogP contribution in [0.1, 0.15) is 23.8 Å². The highest BCUT2D eigenvalue weighted by molar-refractivity contribution is 5.18. The highest BCUT2D eigenvalue weighted by atomic mass is 19.4. The number of halogens is 3. The number of hydrogen-bond donors (Lipinski definition) is 1. The van der Waals surface area contributed by atoms with Gasteiger partial charge in [-0.1, -0.05) is 6.08 Å². The summed E-state index contributed by atoms with van der Waals surface area (Å²) in [6, 6.07) is 2.06. The van der Waals surface area contributed by atoms with E-state index in [0.29, 0.717) is 6.20 Å². The second kappa shape index (κ2) is 4.44. The Morgan fingerprint density at radius 3 is 2.53 bits per heavy atom. The SMILES string of the molecule is C=CCC(O)c1ccc(C(F)(F)F)cn1. The molecule has 15 heavy (non-hydrogen) atoms. The molecular formula is C10H10F3NO. The predicted molar refractivity (Wildman–Crippen MR) is 49.0 cm³/mol. The molecule has 5 heteroatoms. The quantitative estimate of drug-likeness (QED) is 0.789. The first kappa shape index (κ1) is 11.7. The minimum atomic E-state index is -4.39. The third-order valence-corrected chi connectivity index (χ3v) is 1.85. The Labute approximate surface area is 85.1 Å². The molecule has 0 bridgehead atoms. The highest BCUT2D eigenvalue weighted by Gasteiger charge is 2.30. The monoisotopic (exact) mass is 217 g/mol. The van der Waals surface area contributed by atoms with Gasteiger partial charge in [0.2, 0.25) is 0 Å². The lowest BCUT2D eigenvalue weighted by Crippen LogP contribution is -2.07. The maximum absolute atomic E-state index is 12.2. The van der Waals surface area contributed by atoms with Crippen LogP contribution in [0.25, 0.3) is 0 Å². The van der Waals surface area contributed by atoms with Crippen molar-refractivity contribution in [2.45, 2.75) is 18.7 Å². The largest absolute Gasteiger partial charge is 0.417 e. The van der Waals surface area contributed by atoms with Crippen LogP contribution in [0.3, 0.4) is 0 Å². The normalized spacial score (nSPS) is 13.6. The first-order valence-corrected chi connectivity index (χ1v) is 4.27. The van der Waals surface area contributed by atoms with Gasteiger partial charge in [-0.25, -0.2) is 0 Å². The Morgan fingerprint density at radius 2 is 2.13 bits per heavy atom. The van der Waals surface area contributed by atoms with Crippen LogP contribution in [0.15, 0.2) is 31.0 Å².